The highest BCUT2D eigenvalue weighted by Crippen LogP contribution is 2.22. The van der Waals surface area contributed by atoms with Crippen molar-refractivity contribution in [1.29, 1.82) is 0 Å². The molecule has 0 radical (unpaired) electrons. The highest BCUT2D eigenvalue weighted by molar-refractivity contribution is 5.83. The Hall–Kier alpha value is -2.20. The van der Waals surface area contributed by atoms with Gasteiger partial charge < -0.3 is 10.3 Å². The monoisotopic (exact) mass is 272 g/mol. The van der Waals surface area contributed by atoms with Crippen LogP contribution in [-0.2, 0) is 13.1 Å². The first kappa shape index (κ1) is 12.8. The van der Waals surface area contributed by atoms with Gasteiger partial charge in [0.25, 0.3) is 0 Å². The van der Waals surface area contributed by atoms with Gasteiger partial charge in [-0.25, -0.2) is 8.78 Å². The second-order valence-electron chi connectivity index (χ2n) is 4.71. The van der Waals surface area contributed by atoms with Gasteiger partial charge in [-0.05, 0) is 23.8 Å². The number of fused-ring (bicyclic) bond motifs is 1. The van der Waals surface area contributed by atoms with Gasteiger partial charge in [-0.1, -0.05) is 24.3 Å². The molecule has 4 heteroatoms. The van der Waals surface area contributed by atoms with Crippen molar-refractivity contribution in [3.8, 4) is 0 Å². The first-order chi connectivity index (χ1) is 9.70. The molecule has 1 heterocycles. The SMILES string of the molecule is NCc1cccc2c1ccn2Cc1cccc(F)c1F. The lowest BCUT2D eigenvalue weighted by atomic mass is 10.1. The van der Waals surface area contributed by atoms with E-state index in [1.807, 2.05) is 35.0 Å². The van der Waals surface area contributed by atoms with E-state index in [0.717, 1.165) is 22.5 Å². The predicted molar refractivity (Wildman–Crippen MR) is 75.3 cm³/mol. The first-order valence-corrected chi connectivity index (χ1v) is 6.40. The Labute approximate surface area is 115 Å². The van der Waals surface area contributed by atoms with Gasteiger partial charge in [0.2, 0.25) is 0 Å². The van der Waals surface area contributed by atoms with Crippen LogP contribution in [-0.4, -0.2) is 4.57 Å². The zero-order valence-electron chi connectivity index (χ0n) is 10.8. The fourth-order valence-electron chi connectivity index (χ4n) is 2.46. The Morgan fingerprint density at radius 2 is 1.70 bits per heavy atom. The van der Waals surface area contributed by atoms with E-state index in [-0.39, 0.29) is 0 Å². The fraction of sp³-hybridized carbons (Fsp3) is 0.125. The Morgan fingerprint density at radius 3 is 2.50 bits per heavy atom. The number of nitrogens with two attached hydrogens (primary N) is 1. The van der Waals surface area contributed by atoms with Gasteiger partial charge in [-0.15, -0.1) is 0 Å². The van der Waals surface area contributed by atoms with Crippen LogP contribution in [0.5, 0.6) is 0 Å². The van der Waals surface area contributed by atoms with Crippen LogP contribution < -0.4 is 5.73 Å². The molecule has 3 rings (SSSR count). The normalized spacial score (nSPS) is 11.2. The third-order valence-corrected chi connectivity index (χ3v) is 3.50. The van der Waals surface area contributed by atoms with E-state index in [1.165, 1.54) is 6.07 Å². The highest BCUT2D eigenvalue weighted by atomic mass is 19.2. The molecule has 0 atom stereocenters. The van der Waals surface area contributed by atoms with Gasteiger partial charge >= 0.3 is 0 Å². The smallest absolute Gasteiger partial charge is 0.163 e. The van der Waals surface area contributed by atoms with Crippen molar-refractivity contribution in [2.24, 2.45) is 5.73 Å². The molecular weight excluding hydrogens is 258 g/mol. The molecule has 2 aromatic carbocycles. The zero-order valence-corrected chi connectivity index (χ0v) is 10.8. The molecular formula is C16H14F2N2. The van der Waals surface area contributed by atoms with Crippen molar-refractivity contribution < 1.29 is 8.78 Å². The van der Waals surface area contributed by atoms with Crippen molar-refractivity contribution in [3.05, 3.63) is 71.4 Å². The van der Waals surface area contributed by atoms with Crippen LogP contribution in [0.4, 0.5) is 8.78 Å². The maximum absolute atomic E-state index is 13.7. The average molecular weight is 272 g/mol. The molecule has 0 spiro atoms. The standard InChI is InChI=1S/C16H14F2N2/c17-14-5-1-4-12(16(14)18)10-20-8-7-13-11(9-19)3-2-6-15(13)20/h1-8H,9-10,19H2. The lowest BCUT2D eigenvalue weighted by Crippen LogP contribution is -2.02. The largest absolute Gasteiger partial charge is 0.343 e. The second-order valence-corrected chi connectivity index (χ2v) is 4.71. The molecule has 1 aromatic heterocycles. The van der Waals surface area contributed by atoms with E-state index in [4.69, 9.17) is 5.73 Å². The quantitative estimate of drug-likeness (QED) is 0.778. The number of hydrogen-bond acceptors (Lipinski definition) is 1. The minimum atomic E-state index is -0.818. The van der Waals surface area contributed by atoms with E-state index in [0.29, 0.717) is 18.7 Å². The molecule has 20 heavy (non-hydrogen) atoms. The Kier molecular flexibility index (Phi) is 3.24. The summed E-state index contributed by atoms with van der Waals surface area (Å²) >= 11 is 0. The third-order valence-electron chi connectivity index (χ3n) is 3.50. The average Bonchev–Trinajstić information content (AvgIpc) is 2.87. The summed E-state index contributed by atoms with van der Waals surface area (Å²) in [5.74, 6) is -1.61. The molecule has 2 N–H and O–H groups in total. The number of aromatic nitrogens is 1. The lowest BCUT2D eigenvalue weighted by Gasteiger charge is -2.08. The first-order valence-electron chi connectivity index (χ1n) is 6.40. The van der Waals surface area contributed by atoms with Crippen molar-refractivity contribution in [2.75, 3.05) is 0 Å². The van der Waals surface area contributed by atoms with Gasteiger partial charge in [0.05, 0.1) is 6.54 Å². The number of benzene rings is 2. The van der Waals surface area contributed by atoms with Crippen LogP contribution >= 0.6 is 0 Å². The number of nitrogens with zero attached hydrogens (tertiary/aromatic N) is 1. The van der Waals surface area contributed by atoms with E-state index in [1.54, 1.807) is 6.07 Å². The van der Waals surface area contributed by atoms with Crippen LogP contribution in [0.15, 0.2) is 48.7 Å². The molecule has 0 unspecified atom stereocenters. The molecule has 0 aliphatic carbocycles. The van der Waals surface area contributed by atoms with Crippen molar-refractivity contribution in [1.82, 2.24) is 4.57 Å². The summed E-state index contributed by atoms with van der Waals surface area (Å²) in [7, 11) is 0. The van der Waals surface area contributed by atoms with Crippen molar-refractivity contribution in [2.45, 2.75) is 13.1 Å². The molecule has 0 amide bonds. The highest BCUT2D eigenvalue weighted by Gasteiger charge is 2.10. The molecule has 3 aromatic rings. The zero-order chi connectivity index (χ0) is 14.1. The summed E-state index contributed by atoms with van der Waals surface area (Å²) < 4.78 is 28.9. The van der Waals surface area contributed by atoms with Crippen molar-refractivity contribution in [3.63, 3.8) is 0 Å². The number of rotatable bonds is 3. The van der Waals surface area contributed by atoms with Crippen molar-refractivity contribution >= 4 is 10.9 Å². The van der Waals surface area contributed by atoms with Crippen LogP contribution in [0, 0.1) is 11.6 Å². The maximum Gasteiger partial charge on any atom is 0.163 e. The molecule has 2 nitrogen and oxygen atoms in total. The molecule has 0 saturated heterocycles. The van der Waals surface area contributed by atoms with E-state index >= 15 is 0 Å². The third kappa shape index (κ3) is 2.08. The summed E-state index contributed by atoms with van der Waals surface area (Å²) in [6.45, 7) is 0.747. The summed E-state index contributed by atoms with van der Waals surface area (Å²) in [5, 5.41) is 1.05. The molecule has 102 valence electrons. The minimum Gasteiger partial charge on any atom is -0.343 e. The van der Waals surface area contributed by atoms with Gasteiger partial charge in [0, 0.05) is 29.2 Å². The predicted octanol–water partition coefficient (Wildman–Crippen LogP) is 3.43. The van der Waals surface area contributed by atoms with E-state index in [9.17, 15) is 8.78 Å². The Morgan fingerprint density at radius 1 is 0.950 bits per heavy atom. The summed E-state index contributed by atoms with van der Waals surface area (Å²) in [4.78, 5) is 0. The molecule has 0 fully saturated rings. The Bertz CT molecular complexity index is 762. The maximum atomic E-state index is 13.7. The van der Waals surface area contributed by atoms with E-state index < -0.39 is 11.6 Å². The summed E-state index contributed by atoms with van der Waals surface area (Å²) in [6.07, 6.45) is 1.87. The molecule has 0 aliphatic heterocycles. The van der Waals surface area contributed by atoms with Crippen LogP contribution in [0.25, 0.3) is 10.9 Å². The van der Waals surface area contributed by atoms with Crippen LogP contribution in [0.1, 0.15) is 11.1 Å². The number of halogens is 2. The van der Waals surface area contributed by atoms with Gasteiger partial charge in [0.1, 0.15) is 0 Å². The van der Waals surface area contributed by atoms with E-state index in [2.05, 4.69) is 0 Å². The van der Waals surface area contributed by atoms with Gasteiger partial charge in [-0.3, -0.25) is 0 Å². The molecule has 0 aliphatic rings. The fourth-order valence-corrected chi connectivity index (χ4v) is 2.46. The van der Waals surface area contributed by atoms with Gasteiger partial charge in [0.15, 0.2) is 11.6 Å². The second kappa shape index (κ2) is 5.06. The number of hydrogen-bond donors (Lipinski definition) is 1. The lowest BCUT2D eigenvalue weighted by molar-refractivity contribution is 0.496. The summed E-state index contributed by atoms with van der Waals surface area (Å²) in [5.41, 5.74) is 8.05. The Balaban J connectivity index is 2.05. The van der Waals surface area contributed by atoms with Crippen LogP contribution in [0.3, 0.4) is 0 Å². The molecule has 0 saturated carbocycles. The van der Waals surface area contributed by atoms with Gasteiger partial charge in [-0.2, -0.15) is 0 Å². The topological polar surface area (TPSA) is 30.9 Å². The molecule has 0 bridgehead atoms. The summed E-state index contributed by atoms with van der Waals surface area (Å²) in [6, 6.07) is 12.0. The minimum absolute atomic E-state index is 0.293. The van der Waals surface area contributed by atoms with Crippen LogP contribution in [0.2, 0.25) is 0 Å².